The van der Waals surface area contributed by atoms with Crippen LogP contribution in [0.5, 0.6) is 0 Å². The van der Waals surface area contributed by atoms with Crippen LogP contribution >= 0.6 is 0 Å². The Bertz CT molecular complexity index is 319. The highest BCUT2D eigenvalue weighted by atomic mass is 16.6. The van der Waals surface area contributed by atoms with Crippen LogP contribution in [-0.4, -0.2) is 26.8 Å². The van der Waals surface area contributed by atoms with E-state index < -0.39 is 10.3 Å². The minimum Gasteiger partial charge on any atom is -0.395 e. The van der Waals surface area contributed by atoms with Gasteiger partial charge in [0.25, 0.3) is 0 Å². The van der Waals surface area contributed by atoms with Gasteiger partial charge in [0, 0.05) is 5.41 Å². The molecule has 2 N–H and O–H groups in total. The molecular formula is C7H11N3O3. The van der Waals surface area contributed by atoms with Crippen LogP contribution in [0.2, 0.25) is 0 Å². The van der Waals surface area contributed by atoms with Crippen molar-refractivity contribution in [3.63, 3.8) is 0 Å². The lowest BCUT2D eigenvalue weighted by Gasteiger charge is -2.18. The molecule has 0 aliphatic heterocycles. The molecule has 1 aromatic rings. The third-order valence-electron chi connectivity index (χ3n) is 1.89. The average molecular weight is 185 g/mol. The number of aliphatic hydroxyl groups excluding tert-OH is 1. The molecule has 0 radical (unpaired) electrons. The zero-order chi connectivity index (χ0) is 10.1. The Labute approximate surface area is 74.7 Å². The summed E-state index contributed by atoms with van der Waals surface area (Å²) >= 11 is 0. The Kier molecular flexibility index (Phi) is 2.33. The van der Waals surface area contributed by atoms with Crippen molar-refractivity contribution in [3.8, 4) is 0 Å². The molecular weight excluding hydrogens is 174 g/mol. The first kappa shape index (κ1) is 9.66. The number of aromatic amines is 1. The number of nitrogens with zero attached hydrogens (tertiary/aromatic N) is 2. The van der Waals surface area contributed by atoms with E-state index in [9.17, 15) is 10.1 Å². The molecule has 6 heteroatoms. The second-order valence-electron chi connectivity index (χ2n) is 3.43. The van der Waals surface area contributed by atoms with Gasteiger partial charge in [0.05, 0.1) is 11.5 Å². The molecule has 0 amide bonds. The van der Waals surface area contributed by atoms with Crippen LogP contribution < -0.4 is 0 Å². The van der Waals surface area contributed by atoms with Gasteiger partial charge in [-0.1, -0.05) is 13.8 Å². The normalized spacial score (nSPS) is 11.6. The Morgan fingerprint density at radius 2 is 2.38 bits per heavy atom. The Morgan fingerprint density at radius 3 is 2.85 bits per heavy atom. The SMILES string of the molecule is CC(C)(CO)c1[nH]ncc1[N+](=O)[O-]. The number of aromatic nitrogens is 2. The summed E-state index contributed by atoms with van der Waals surface area (Å²) in [6, 6.07) is 0. The molecule has 6 nitrogen and oxygen atoms in total. The second kappa shape index (κ2) is 3.14. The molecule has 72 valence electrons. The number of hydrogen-bond acceptors (Lipinski definition) is 4. The van der Waals surface area contributed by atoms with E-state index in [1.165, 1.54) is 0 Å². The molecule has 13 heavy (non-hydrogen) atoms. The Balaban J connectivity index is 3.14. The first-order valence-corrected chi connectivity index (χ1v) is 3.78. The van der Waals surface area contributed by atoms with E-state index in [-0.39, 0.29) is 12.3 Å². The van der Waals surface area contributed by atoms with Crippen LogP contribution in [0.15, 0.2) is 6.20 Å². The molecule has 0 fully saturated rings. The molecule has 0 unspecified atom stereocenters. The highest BCUT2D eigenvalue weighted by Gasteiger charge is 2.30. The first-order chi connectivity index (χ1) is 5.99. The summed E-state index contributed by atoms with van der Waals surface area (Å²) < 4.78 is 0. The third kappa shape index (κ3) is 1.67. The van der Waals surface area contributed by atoms with Crippen molar-refractivity contribution in [2.45, 2.75) is 19.3 Å². The van der Waals surface area contributed by atoms with Crippen molar-refractivity contribution in [1.82, 2.24) is 10.2 Å². The van der Waals surface area contributed by atoms with Crippen molar-refractivity contribution in [1.29, 1.82) is 0 Å². The third-order valence-corrected chi connectivity index (χ3v) is 1.89. The molecule has 0 atom stereocenters. The number of aliphatic hydroxyl groups is 1. The smallest absolute Gasteiger partial charge is 0.310 e. The molecule has 0 aliphatic carbocycles. The molecule has 0 spiro atoms. The topological polar surface area (TPSA) is 92.0 Å². The first-order valence-electron chi connectivity index (χ1n) is 3.78. The van der Waals surface area contributed by atoms with Crippen LogP contribution in [-0.2, 0) is 5.41 Å². The van der Waals surface area contributed by atoms with Gasteiger partial charge in [-0.15, -0.1) is 0 Å². The molecule has 1 aromatic heterocycles. The lowest BCUT2D eigenvalue weighted by Crippen LogP contribution is -2.23. The van der Waals surface area contributed by atoms with Crippen LogP contribution in [0.25, 0.3) is 0 Å². The average Bonchev–Trinajstić information content (AvgIpc) is 2.52. The number of rotatable bonds is 3. The van der Waals surface area contributed by atoms with Crippen molar-refractivity contribution >= 4 is 5.69 Å². The summed E-state index contributed by atoms with van der Waals surface area (Å²) in [6.07, 6.45) is 1.15. The molecule has 0 saturated carbocycles. The van der Waals surface area contributed by atoms with Gasteiger partial charge in [-0.05, 0) is 0 Å². The Hall–Kier alpha value is -1.43. The van der Waals surface area contributed by atoms with Crippen LogP contribution in [0.4, 0.5) is 5.69 Å². The highest BCUT2D eigenvalue weighted by Crippen LogP contribution is 2.28. The summed E-state index contributed by atoms with van der Waals surface area (Å²) in [4.78, 5) is 9.99. The number of nitro groups is 1. The molecule has 0 bridgehead atoms. The van der Waals surface area contributed by atoms with Gasteiger partial charge in [-0.25, -0.2) is 0 Å². The zero-order valence-electron chi connectivity index (χ0n) is 7.44. The fraction of sp³-hybridized carbons (Fsp3) is 0.571. The summed E-state index contributed by atoms with van der Waals surface area (Å²) in [5.74, 6) is 0. The number of H-pyrrole nitrogens is 1. The Morgan fingerprint density at radius 1 is 1.77 bits per heavy atom. The maximum absolute atomic E-state index is 10.5. The second-order valence-corrected chi connectivity index (χ2v) is 3.43. The van der Waals surface area contributed by atoms with E-state index in [2.05, 4.69) is 10.2 Å². The summed E-state index contributed by atoms with van der Waals surface area (Å²) in [5, 5.41) is 25.6. The van der Waals surface area contributed by atoms with E-state index in [0.717, 1.165) is 6.20 Å². The monoisotopic (exact) mass is 185 g/mol. The zero-order valence-corrected chi connectivity index (χ0v) is 7.44. The lowest BCUT2D eigenvalue weighted by molar-refractivity contribution is -0.386. The van der Waals surface area contributed by atoms with E-state index in [1.807, 2.05) is 0 Å². The van der Waals surface area contributed by atoms with Gasteiger partial charge in [-0.3, -0.25) is 15.2 Å². The van der Waals surface area contributed by atoms with E-state index in [4.69, 9.17) is 5.11 Å². The molecule has 0 aromatic carbocycles. The van der Waals surface area contributed by atoms with Gasteiger partial charge in [0.1, 0.15) is 11.9 Å². The lowest BCUT2D eigenvalue weighted by atomic mass is 9.90. The van der Waals surface area contributed by atoms with Crippen LogP contribution in [0, 0.1) is 10.1 Å². The minimum absolute atomic E-state index is 0.0842. The molecule has 1 heterocycles. The fourth-order valence-electron chi connectivity index (χ4n) is 0.995. The minimum atomic E-state index is -0.668. The maximum atomic E-state index is 10.5. The molecule has 0 aliphatic rings. The van der Waals surface area contributed by atoms with E-state index >= 15 is 0 Å². The van der Waals surface area contributed by atoms with Gasteiger partial charge in [0.2, 0.25) is 0 Å². The van der Waals surface area contributed by atoms with Crippen molar-refractivity contribution in [2.24, 2.45) is 0 Å². The molecule has 1 rings (SSSR count). The van der Waals surface area contributed by atoms with Gasteiger partial charge in [-0.2, -0.15) is 5.10 Å². The van der Waals surface area contributed by atoms with E-state index in [1.54, 1.807) is 13.8 Å². The predicted molar refractivity (Wildman–Crippen MR) is 45.4 cm³/mol. The van der Waals surface area contributed by atoms with Gasteiger partial charge >= 0.3 is 5.69 Å². The molecule has 0 saturated heterocycles. The summed E-state index contributed by atoms with van der Waals surface area (Å²) in [6.45, 7) is 3.23. The predicted octanol–water partition coefficient (Wildman–Crippen LogP) is 0.588. The highest BCUT2D eigenvalue weighted by molar-refractivity contribution is 5.37. The summed E-state index contributed by atoms with van der Waals surface area (Å²) in [5.41, 5.74) is -0.405. The standard InChI is InChI=1S/C7H11N3O3/c1-7(2,4-11)6-5(10(12)13)3-8-9-6/h3,11H,4H2,1-2H3,(H,8,9). The van der Waals surface area contributed by atoms with Gasteiger partial charge < -0.3 is 5.11 Å². The fourth-order valence-corrected chi connectivity index (χ4v) is 0.995. The van der Waals surface area contributed by atoms with Crippen LogP contribution in [0.3, 0.4) is 0 Å². The van der Waals surface area contributed by atoms with Crippen molar-refractivity contribution in [2.75, 3.05) is 6.61 Å². The van der Waals surface area contributed by atoms with Gasteiger partial charge in [0.15, 0.2) is 0 Å². The summed E-state index contributed by atoms with van der Waals surface area (Å²) in [7, 11) is 0. The quantitative estimate of drug-likeness (QED) is 0.532. The van der Waals surface area contributed by atoms with Crippen molar-refractivity contribution in [3.05, 3.63) is 22.0 Å². The van der Waals surface area contributed by atoms with E-state index in [0.29, 0.717) is 5.69 Å². The maximum Gasteiger partial charge on any atom is 0.310 e. The largest absolute Gasteiger partial charge is 0.395 e. The van der Waals surface area contributed by atoms with Crippen LogP contribution in [0.1, 0.15) is 19.5 Å². The van der Waals surface area contributed by atoms with Crippen molar-refractivity contribution < 1.29 is 10.0 Å². The number of hydrogen-bond donors (Lipinski definition) is 2. The number of nitrogens with one attached hydrogen (secondary N) is 1.